The molecule has 1 atom stereocenters. The van der Waals surface area contributed by atoms with E-state index in [2.05, 4.69) is 78.9 Å². The average molecular weight is 293 g/mol. The summed E-state index contributed by atoms with van der Waals surface area (Å²) in [6.07, 6.45) is 0. The summed E-state index contributed by atoms with van der Waals surface area (Å²) in [5.41, 5.74) is 1.47. The first-order valence-corrected chi connectivity index (χ1v) is 9.07. The molecule has 0 aliphatic carbocycles. The van der Waals surface area contributed by atoms with Gasteiger partial charge in [0.25, 0.3) is 0 Å². The van der Waals surface area contributed by atoms with Gasteiger partial charge in [-0.05, 0) is 12.1 Å². The van der Waals surface area contributed by atoms with E-state index >= 15 is 0 Å². The van der Waals surface area contributed by atoms with Crippen molar-refractivity contribution in [2.75, 3.05) is 13.6 Å². The van der Waals surface area contributed by atoms with Crippen LogP contribution in [0, 0.1) is 17.8 Å². The summed E-state index contributed by atoms with van der Waals surface area (Å²) >= 11 is 0. The Hall–Kier alpha value is -0.603. The van der Waals surface area contributed by atoms with Crippen LogP contribution in [0.1, 0.15) is 41.5 Å². The number of para-hydroxylation sites is 1. The summed E-state index contributed by atoms with van der Waals surface area (Å²) < 4.78 is 1.08. The molecule has 0 saturated heterocycles. The maximum atomic E-state index is 2.46. The molecule has 20 heavy (non-hydrogen) atoms. The van der Waals surface area contributed by atoms with Gasteiger partial charge in [0.05, 0.1) is 29.0 Å². The lowest BCUT2D eigenvalue weighted by Gasteiger charge is -2.55. The van der Waals surface area contributed by atoms with Crippen LogP contribution in [0.15, 0.2) is 30.3 Å². The summed E-state index contributed by atoms with van der Waals surface area (Å²) in [5, 5.41) is 0.367. The molecule has 0 saturated carbocycles. The highest BCUT2D eigenvalue weighted by atomic mass is 28.1. The molecule has 0 heterocycles. The lowest BCUT2D eigenvalue weighted by Crippen LogP contribution is -2.70. The number of benzene rings is 1. The highest BCUT2D eigenvalue weighted by Crippen LogP contribution is 2.40. The van der Waals surface area contributed by atoms with Gasteiger partial charge in [0, 0.05) is 17.8 Å². The average Bonchev–Trinajstić information content (AvgIpc) is 2.37. The molecule has 1 nitrogen and oxygen atoms in total. The molecule has 1 rings (SSSR count). The van der Waals surface area contributed by atoms with E-state index in [9.17, 15) is 0 Å². The molecule has 0 fully saturated rings. The molecule has 114 valence electrons. The highest BCUT2D eigenvalue weighted by molar-refractivity contribution is 6.17. The fourth-order valence-corrected chi connectivity index (χ4v) is 4.31. The normalized spacial score (nSPS) is 16.1. The van der Waals surface area contributed by atoms with E-state index in [1.54, 1.807) is 0 Å². The van der Waals surface area contributed by atoms with Crippen LogP contribution in [-0.2, 0) is 0 Å². The zero-order valence-electron chi connectivity index (χ0n) is 14.8. The highest BCUT2D eigenvalue weighted by Gasteiger charge is 2.50. The Morgan fingerprint density at radius 1 is 0.950 bits per heavy atom. The van der Waals surface area contributed by atoms with E-state index in [-0.39, 0.29) is 0 Å². The second-order valence-corrected chi connectivity index (χ2v) is 9.24. The number of quaternary nitrogens is 1. The van der Waals surface area contributed by atoms with E-state index in [1.807, 2.05) is 0 Å². The molecule has 0 N–H and O–H groups in total. The van der Waals surface area contributed by atoms with Crippen molar-refractivity contribution in [1.82, 2.24) is 4.48 Å². The van der Waals surface area contributed by atoms with E-state index in [0.29, 0.717) is 22.9 Å². The molecule has 1 unspecified atom stereocenters. The van der Waals surface area contributed by atoms with Crippen LogP contribution in [0.25, 0.3) is 0 Å². The Balaban J connectivity index is 3.45. The van der Waals surface area contributed by atoms with Crippen LogP contribution in [0.2, 0.25) is 0 Å². The van der Waals surface area contributed by atoms with Gasteiger partial charge in [-0.3, -0.25) is 4.48 Å². The quantitative estimate of drug-likeness (QED) is 0.554. The predicted molar refractivity (Wildman–Crippen MR) is 96.2 cm³/mol. The van der Waals surface area contributed by atoms with Crippen molar-refractivity contribution in [3.8, 4) is 0 Å². The summed E-state index contributed by atoms with van der Waals surface area (Å²) in [5.74, 6) is 2.09. The molecule has 2 heteroatoms. The van der Waals surface area contributed by atoms with Crippen molar-refractivity contribution in [2.45, 2.75) is 46.7 Å². The Labute approximate surface area is 129 Å². The smallest absolute Gasteiger partial charge is 0.132 e. The largest absolute Gasteiger partial charge is 0.292 e. The lowest BCUT2D eigenvalue weighted by molar-refractivity contribution is 0.0951. The third kappa shape index (κ3) is 3.01. The second kappa shape index (κ2) is 6.44. The van der Waals surface area contributed by atoms with E-state index in [4.69, 9.17) is 0 Å². The third-order valence-corrected chi connectivity index (χ3v) is 8.75. The molecular weight excluding hydrogens is 258 g/mol. The van der Waals surface area contributed by atoms with Gasteiger partial charge in [0.2, 0.25) is 0 Å². The zero-order chi connectivity index (χ0) is 15.6. The van der Waals surface area contributed by atoms with Crippen molar-refractivity contribution in [2.24, 2.45) is 17.8 Å². The molecule has 0 bridgehead atoms. The molecule has 0 aliphatic heterocycles. The Kier molecular flexibility index (Phi) is 5.62. The minimum Gasteiger partial charge on any atom is -0.292 e. The molecule has 0 aliphatic rings. The van der Waals surface area contributed by atoms with Gasteiger partial charge >= 0.3 is 0 Å². The number of nitrogens with zero attached hydrogens (tertiary/aromatic N) is 1. The Bertz CT molecular complexity index is 403. The van der Waals surface area contributed by atoms with Crippen LogP contribution in [0.4, 0.5) is 5.69 Å². The van der Waals surface area contributed by atoms with E-state index in [1.165, 1.54) is 22.5 Å². The molecule has 1 aromatic rings. The topological polar surface area (TPSA) is 0 Å². The first-order valence-electron chi connectivity index (χ1n) is 8.07. The minimum atomic E-state index is 0.367. The van der Waals surface area contributed by atoms with Gasteiger partial charge < -0.3 is 0 Å². The summed E-state index contributed by atoms with van der Waals surface area (Å²) in [4.78, 5) is 0. The number of hydrogen-bond acceptors (Lipinski definition) is 0. The summed E-state index contributed by atoms with van der Waals surface area (Å²) in [6, 6.07) is 11.1. The zero-order valence-corrected chi connectivity index (χ0v) is 16.8. The van der Waals surface area contributed by atoms with Crippen molar-refractivity contribution in [3.63, 3.8) is 0 Å². The number of rotatable bonds is 6. The maximum absolute atomic E-state index is 2.46. The summed E-state index contributed by atoms with van der Waals surface area (Å²) in [6.45, 7) is 15.5. The molecular formula is C18H34NSi+. The van der Waals surface area contributed by atoms with Gasteiger partial charge in [0.15, 0.2) is 0 Å². The first kappa shape index (κ1) is 17.4. The van der Waals surface area contributed by atoms with Gasteiger partial charge in [-0.15, -0.1) is 0 Å². The number of hydrogen-bond donors (Lipinski definition) is 0. The van der Waals surface area contributed by atoms with Gasteiger partial charge in [-0.2, -0.15) is 0 Å². The van der Waals surface area contributed by atoms with Crippen LogP contribution in [0.3, 0.4) is 0 Å². The Morgan fingerprint density at radius 3 is 1.75 bits per heavy atom. The van der Waals surface area contributed by atoms with Gasteiger partial charge in [0.1, 0.15) is 5.69 Å². The van der Waals surface area contributed by atoms with Gasteiger partial charge in [-0.1, -0.05) is 59.7 Å². The van der Waals surface area contributed by atoms with Crippen LogP contribution in [0.5, 0.6) is 0 Å². The van der Waals surface area contributed by atoms with Crippen LogP contribution in [-0.4, -0.2) is 29.0 Å². The molecule has 0 spiro atoms. The van der Waals surface area contributed by atoms with Crippen molar-refractivity contribution >= 4 is 15.9 Å². The van der Waals surface area contributed by atoms with Crippen LogP contribution >= 0.6 is 0 Å². The SMILES string of the molecule is CC(C)C[N+](C)(c1ccccc1)C([SiH3])(C(C)C)C(C)C. The molecule has 1 aromatic carbocycles. The third-order valence-electron chi connectivity index (χ3n) is 5.46. The van der Waals surface area contributed by atoms with Gasteiger partial charge in [-0.25, -0.2) is 0 Å². The van der Waals surface area contributed by atoms with Crippen molar-refractivity contribution in [3.05, 3.63) is 30.3 Å². The maximum Gasteiger partial charge on any atom is 0.132 e. The Morgan fingerprint density at radius 2 is 1.40 bits per heavy atom. The molecule has 0 radical (unpaired) electrons. The van der Waals surface area contributed by atoms with Crippen molar-refractivity contribution in [1.29, 1.82) is 0 Å². The second-order valence-electron chi connectivity index (χ2n) is 7.64. The summed E-state index contributed by atoms with van der Waals surface area (Å²) in [7, 11) is 3.67. The monoisotopic (exact) mass is 292 g/mol. The fourth-order valence-electron chi connectivity index (χ4n) is 3.87. The van der Waals surface area contributed by atoms with E-state index < -0.39 is 0 Å². The standard InChI is InChI=1S/C18H34NSi/c1-14(2)13-19(7,17-11-9-8-10-12-17)18(20,15(3)4)16(5)6/h8-12,14-16H,13H2,1-7,20H3/q+1. The lowest BCUT2D eigenvalue weighted by atomic mass is 9.86. The van der Waals surface area contributed by atoms with E-state index in [0.717, 1.165) is 4.48 Å². The molecule has 0 aromatic heterocycles. The molecule has 0 amide bonds. The first-order chi connectivity index (χ1) is 9.16. The predicted octanol–water partition coefficient (Wildman–Crippen LogP) is 3.65. The fraction of sp³-hybridized carbons (Fsp3) is 0.667. The minimum absolute atomic E-state index is 0.367. The van der Waals surface area contributed by atoms with Crippen molar-refractivity contribution < 1.29 is 0 Å². The van der Waals surface area contributed by atoms with Crippen LogP contribution < -0.4 is 4.48 Å².